The van der Waals surface area contributed by atoms with Gasteiger partial charge in [-0.15, -0.1) is 0 Å². The minimum Gasteiger partial charge on any atom is -0.469 e. The molecule has 0 radical (unpaired) electrons. The SMILES string of the molecule is COC(=O)CC1CCCCN1CC(C)C#N. The number of nitrogens with zero attached hydrogens (tertiary/aromatic N) is 2. The fourth-order valence-corrected chi connectivity index (χ4v) is 2.20. The maximum absolute atomic E-state index is 11.3. The maximum atomic E-state index is 11.3. The molecule has 1 heterocycles. The Morgan fingerprint density at radius 2 is 2.38 bits per heavy atom. The molecule has 0 bridgehead atoms. The Kier molecular flexibility index (Phi) is 5.27. The van der Waals surface area contributed by atoms with Crippen molar-refractivity contribution in [3.05, 3.63) is 0 Å². The van der Waals surface area contributed by atoms with Crippen LogP contribution < -0.4 is 0 Å². The van der Waals surface area contributed by atoms with E-state index in [4.69, 9.17) is 10.00 Å². The summed E-state index contributed by atoms with van der Waals surface area (Å²) in [6.45, 7) is 3.68. The highest BCUT2D eigenvalue weighted by molar-refractivity contribution is 5.69. The fourth-order valence-electron chi connectivity index (χ4n) is 2.20. The Hall–Kier alpha value is -1.08. The van der Waals surface area contributed by atoms with Crippen molar-refractivity contribution >= 4 is 5.97 Å². The number of methoxy groups -OCH3 is 1. The van der Waals surface area contributed by atoms with E-state index < -0.39 is 0 Å². The predicted octanol–water partition coefficient (Wildman–Crippen LogP) is 1.56. The zero-order valence-corrected chi connectivity index (χ0v) is 10.1. The van der Waals surface area contributed by atoms with Crippen LogP contribution in [0.2, 0.25) is 0 Å². The van der Waals surface area contributed by atoms with Crippen LogP contribution in [0.3, 0.4) is 0 Å². The van der Waals surface area contributed by atoms with Gasteiger partial charge >= 0.3 is 5.97 Å². The van der Waals surface area contributed by atoms with Gasteiger partial charge in [0.2, 0.25) is 0 Å². The molecule has 2 atom stereocenters. The first-order valence-corrected chi connectivity index (χ1v) is 5.88. The van der Waals surface area contributed by atoms with E-state index in [1.807, 2.05) is 6.92 Å². The Morgan fingerprint density at radius 3 is 3.00 bits per heavy atom. The Balaban J connectivity index is 2.50. The van der Waals surface area contributed by atoms with E-state index in [0.717, 1.165) is 25.9 Å². The van der Waals surface area contributed by atoms with Crippen LogP contribution in [0, 0.1) is 17.2 Å². The quantitative estimate of drug-likeness (QED) is 0.680. The van der Waals surface area contributed by atoms with Gasteiger partial charge in [0.25, 0.3) is 0 Å². The molecule has 1 aliphatic heterocycles. The molecule has 1 rings (SSSR count). The van der Waals surface area contributed by atoms with Crippen molar-refractivity contribution in [1.29, 1.82) is 5.26 Å². The molecular weight excluding hydrogens is 204 g/mol. The van der Waals surface area contributed by atoms with Gasteiger partial charge in [0.15, 0.2) is 0 Å². The van der Waals surface area contributed by atoms with Gasteiger partial charge in [-0.2, -0.15) is 5.26 Å². The summed E-state index contributed by atoms with van der Waals surface area (Å²) in [6, 6.07) is 2.50. The fraction of sp³-hybridized carbons (Fsp3) is 0.833. The summed E-state index contributed by atoms with van der Waals surface area (Å²) >= 11 is 0. The highest BCUT2D eigenvalue weighted by Crippen LogP contribution is 2.21. The number of hydrogen-bond donors (Lipinski definition) is 0. The van der Waals surface area contributed by atoms with Crippen LogP contribution in [-0.4, -0.2) is 37.1 Å². The van der Waals surface area contributed by atoms with Gasteiger partial charge < -0.3 is 4.74 Å². The van der Waals surface area contributed by atoms with Crippen LogP contribution in [0.15, 0.2) is 0 Å². The van der Waals surface area contributed by atoms with E-state index in [9.17, 15) is 4.79 Å². The third kappa shape index (κ3) is 3.82. The molecule has 0 aliphatic carbocycles. The molecule has 0 spiro atoms. The molecule has 1 fully saturated rings. The van der Waals surface area contributed by atoms with Crippen molar-refractivity contribution in [3.8, 4) is 6.07 Å². The topological polar surface area (TPSA) is 53.3 Å². The summed E-state index contributed by atoms with van der Waals surface area (Å²) in [7, 11) is 1.42. The van der Waals surface area contributed by atoms with Crippen LogP contribution in [0.5, 0.6) is 0 Å². The van der Waals surface area contributed by atoms with E-state index in [1.165, 1.54) is 13.5 Å². The molecule has 0 aromatic carbocycles. The lowest BCUT2D eigenvalue weighted by Gasteiger charge is -2.35. The van der Waals surface area contributed by atoms with E-state index in [0.29, 0.717) is 6.42 Å². The first kappa shape index (κ1) is 13.0. The summed E-state index contributed by atoms with van der Waals surface area (Å²) in [5.74, 6) is -0.125. The van der Waals surface area contributed by atoms with E-state index in [-0.39, 0.29) is 17.9 Å². The molecule has 90 valence electrons. The normalized spacial score (nSPS) is 23.4. The summed E-state index contributed by atoms with van der Waals surface area (Å²) in [6.07, 6.45) is 3.82. The molecule has 4 nitrogen and oxygen atoms in total. The third-order valence-electron chi connectivity index (χ3n) is 3.11. The van der Waals surface area contributed by atoms with Gasteiger partial charge in [-0.25, -0.2) is 0 Å². The summed E-state index contributed by atoms with van der Waals surface area (Å²) in [4.78, 5) is 13.5. The molecule has 16 heavy (non-hydrogen) atoms. The second-order valence-electron chi connectivity index (χ2n) is 4.45. The van der Waals surface area contributed by atoms with Crippen LogP contribution in [0.1, 0.15) is 32.6 Å². The first-order chi connectivity index (χ1) is 7.67. The van der Waals surface area contributed by atoms with Crippen LogP contribution >= 0.6 is 0 Å². The number of esters is 1. The Labute approximate surface area is 97.2 Å². The number of likely N-dealkylation sites (tertiary alicyclic amines) is 1. The Bertz CT molecular complexity index is 273. The minimum atomic E-state index is -0.151. The molecule has 0 aromatic rings. The average Bonchev–Trinajstić information content (AvgIpc) is 2.31. The largest absolute Gasteiger partial charge is 0.469 e. The molecule has 2 unspecified atom stereocenters. The van der Waals surface area contributed by atoms with Gasteiger partial charge in [-0.3, -0.25) is 9.69 Å². The number of nitriles is 1. The van der Waals surface area contributed by atoms with Crippen molar-refractivity contribution in [1.82, 2.24) is 4.90 Å². The molecule has 1 saturated heterocycles. The zero-order valence-electron chi connectivity index (χ0n) is 10.1. The van der Waals surface area contributed by atoms with Crippen LogP contribution in [0.4, 0.5) is 0 Å². The van der Waals surface area contributed by atoms with Crippen molar-refractivity contribution in [2.24, 2.45) is 5.92 Å². The first-order valence-electron chi connectivity index (χ1n) is 5.88. The molecule has 1 aliphatic rings. The van der Waals surface area contributed by atoms with Gasteiger partial charge in [0.05, 0.1) is 25.5 Å². The van der Waals surface area contributed by atoms with Crippen molar-refractivity contribution < 1.29 is 9.53 Å². The highest BCUT2D eigenvalue weighted by atomic mass is 16.5. The molecule has 0 N–H and O–H groups in total. The van der Waals surface area contributed by atoms with Gasteiger partial charge in [0, 0.05) is 12.6 Å². The molecule has 4 heteroatoms. The summed E-state index contributed by atoms with van der Waals surface area (Å²) in [5.41, 5.74) is 0. The van der Waals surface area contributed by atoms with Crippen LogP contribution in [0.25, 0.3) is 0 Å². The van der Waals surface area contributed by atoms with E-state index in [1.54, 1.807) is 0 Å². The number of carbonyl (C=O) groups is 1. The molecule has 0 amide bonds. The number of piperidine rings is 1. The van der Waals surface area contributed by atoms with Gasteiger partial charge in [-0.05, 0) is 26.3 Å². The summed E-state index contributed by atoms with van der Waals surface area (Å²) < 4.78 is 4.70. The van der Waals surface area contributed by atoms with Crippen molar-refractivity contribution in [2.75, 3.05) is 20.2 Å². The predicted molar refractivity (Wildman–Crippen MR) is 60.6 cm³/mol. The minimum absolute atomic E-state index is 0.0262. The van der Waals surface area contributed by atoms with Crippen LogP contribution in [-0.2, 0) is 9.53 Å². The molecule has 0 aromatic heterocycles. The molecule has 0 saturated carbocycles. The second-order valence-corrected chi connectivity index (χ2v) is 4.45. The van der Waals surface area contributed by atoms with Gasteiger partial charge in [0.1, 0.15) is 0 Å². The number of hydrogen-bond acceptors (Lipinski definition) is 4. The maximum Gasteiger partial charge on any atom is 0.307 e. The third-order valence-corrected chi connectivity index (χ3v) is 3.11. The second kappa shape index (κ2) is 6.49. The average molecular weight is 224 g/mol. The standard InChI is InChI=1S/C12H20N2O2/c1-10(8-13)9-14-6-4-3-5-11(14)7-12(15)16-2/h10-11H,3-7,9H2,1-2H3. The number of carbonyl (C=O) groups excluding carboxylic acids is 1. The van der Waals surface area contributed by atoms with Crippen molar-refractivity contribution in [3.63, 3.8) is 0 Å². The van der Waals surface area contributed by atoms with E-state index >= 15 is 0 Å². The zero-order chi connectivity index (χ0) is 12.0. The molecular formula is C12H20N2O2. The van der Waals surface area contributed by atoms with Crippen molar-refractivity contribution in [2.45, 2.75) is 38.6 Å². The summed E-state index contributed by atoms with van der Waals surface area (Å²) in [5, 5.41) is 8.81. The van der Waals surface area contributed by atoms with E-state index in [2.05, 4.69) is 11.0 Å². The smallest absolute Gasteiger partial charge is 0.307 e. The number of rotatable bonds is 4. The van der Waals surface area contributed by atoms with Gasteiger partial charge in [-0.1, -0.05) is 6.42 Å². The highest BCUT2D eigenvalue weighted by Gasteiger charge is 2.25. The number of ether oxygens (including phenoxy) is 1. The monoisotopic (exact) mass is 224 g/mol. The lowest BCUT2D eigenvalue weighted by Crippen LogP contribution is -2.43. The lowest BCUT2D eigenvalue weighted by molar-refractivity contribution is -0.142. The lowest BCUT2D eigenvalue weighted by atomic mass is 9.98. The Morgan fingerprint density at radius 1 is 1.62 bits per heavy atom.